The number of ether oxygens (including phenoxy) is 3. The molecule has 0 saturated carbocycles. The van der Waals surface area contributed by atoms with Gasteiger partial charge >= 0.3 is 0 Å². The molecule has 0 bridgehead atoms. The van der Waals surface area contributed by atoms with Crippen molar-refractivity contribution in [3.63, 3.8) is 0 Å². The van der Waals surface area contributed by atoms with Gasteiger partial charge in [-0.05, 0) is 43.3 Å². The molecule has 0 N–H and O–H groups in total. The van der Waals surface area contributed by atoms with Gasteiger partial charge in [-0.1, -0.05) is 45.0 Å². The molecule has 0 unspecified atom stereocenters. The third kappa shape index (κ3) is 7.12. The van der Waals surface area contributed by atoms with Crippen molar-refractivity contribution in [2.45, 2.75) is 77.4 Å². The minimum Gasteiger partial charge on any atom is -0.414 e. The Morgan fingerprint density at radius 2 is 1.76 bits per heavy atom. The molecule has 1 aliphatic rings. The van der Waals surface area contributed by atoms with Gasteiger partial charge in [-0.3, -0.25) is 0 Å². The van der Waals surface area contributed by atoms with Gasteiger partial charge in [0.25, 0.3) is 0 Å². The summed E-state index contributed by atoms with van der Waals surface area (Å²) in [4.78, 5) is 0. The van der Waals surface area contributed by atoms with Crippen LogP contribution in [-0.4, -0.2) is 55.0 Å². The smallest absolute Gasteiger partial charge is 0.192 e. The number of nitrogens with zero attached hydrogens (tertiary/aromatic N) is 1. The van der Waals surface area contributed by atoms with E-state index in [1.54, 1.807) is 7.11 Å². The van der Waals surface area contributed by atoms with E-state index in [0.717, 1.165) is 16.8 Å². The lowest BCUT2D eigenvalue weighted by molar-refractivity contribution is -0.0391. The lowest BCUT2D eigenvalue weighted by atomic mass is 10.0. The maximum atomic E-state index is 6.40. The summed E-state index contributed by atoms with van der Waals surface area (Å²) in [6.07, 6.45) is 0.0715. The van der Waals surface area contributed by atoms with Crippen molar-refractivity contribution in [2.75, 3.05) is 20.5 Å². The Hall–Kier alpha value is -0.836. The molecule has 0 aromatic heterocycles. The first-order chi connectivity index (χ1) is 13.4. The molecule has 29 heavy (non-hydrogen) atoms. The Labute approximate surface area is 179 Å². The van der Waals surface area contributed by atoms with Crippen LogP contribution in [0.25, 0.3) is 0 Å². The van der Waals surface area contributed by atoms with Gasteiger partial charge in [-0.15, -0.1) is 0 Å². The second kappa shape index (κ2) is 9.53. The molecule has 0 spiro atoms. The lowest BCUT2D eigenvalue weighted by Gasteiger charge is -2.36. The van der Waals surface area contributed by atoms with Crippen molar-refractivity contribution in [2.24, 2.45) is 4.66 Å². The molecule has 5 nitrogen and oxygen atoms in total. The first-order valence-electron chi connectivity index (χ1n) is 10.4. The van der Waals surface area contributed by atoms with Crippen LogP contribution in [0.1, 0.15) is 31.9 Å². The van der Waals surface area contributed by atoms with Crippen molar-refractivity contribution >= 4 is 22.3 Å². The Kier molecular flexibility index (Phi) is 8.03. The Morgan fingerprint density at radius 3 is 2.34 bits per heavy atom. The van der Waals surface area contributed by atoms with Crippen LogP contribution in [0, 0.1) is 0 Å². The predicted octanol–water partition coefficient (Wildman–Crippen LogP) is 5.22. The molecular weight excluding hydrogens is 398 g/mol. The number of epoxide rings is 1. The summed E-state index contributed by atoms with van der Waals surface area (Å²) in [5.74, 6) is 0. The van der Waals surface area contributed by atoms with Crippen LogP contribution < -0.4 is 0 Å². The Morgan fingerprint density at radius 1 is 1.10 bits per heavy atom. The molecule has 7 heteroatoms. The standard InChI is InChI=1S/C22H39NO4Si2/c1-22(2,3)29(8,9)26-15-19-21(27-19)20(23-28(5,6)7)18-13-11-10-12-17(18)14-25-16-24-4/h10-13,19,21H,14-16H2,1-9H3/b23-20+/t19-,21+/m0/s1. The van der Waals surface area contributed by atoms with Gasteiger partial charge in [0.05, 0.1) is 18.9 Å². The molecule has 0 amide bonds. The molecule has 2 atom stereocenters. The van der Waals surface area contributed by atoms with Crippen molar-refractivity contribution in [3.05, 3.63) is 35.4 Å². The zero-order valence-electron chi connectivity index (χ0n) is 19.7. The number of hydrogen-bond donors (Lipinski definition) is 0. The third-order valence-corrected chi connectivity index (χ3v) is 10.9. The summed E-state index contributed by atoms with van der Waals surface area (Å²) in [6.45, 7) is 19.5. The van der Waals surface area contributed by atoms with Crippen molar-refractivity contribution in [1.29, 1.82) is 0 Å². The molecule has 1 fully saturated rings. The molecule has 1 aromatic rings. The molecule has 0 aliphatic carbocycles. The van der Waals surface area contributed by atoms with Crippen LogP contribution in [-0.2, 0) is 25.2 Å². The molecule has 1 aromatic carbocycles. The SMILES string of the molecule is COCOCc1ccccc1/C(=N\[Si](C)(C)C)[C@@H]1O[C@H]1CO[Si](C)(C)C(C)(C)C. The normalized spacial score (nSPS) is 20.8. The molecule has 164 valence electrons. The summed E-state index contributed by atoms with van der Waals surface area (Å²) in [6, 6.07) is 8.30. The van der Waals surface area contributed by atoms with Gasteiger partial charge in [0.15, 0.2) is 16.6 Å². The summed E-state index contributed by atoms with van der Waals surface area (Å²) in [5, 5.41) is 0.192. The van der Waals surface area contributed by atoms with Gasteiger partial charge in [-0.2, -0.15) is 0 Å². The summed E-state index contributed by atoms with van der Waals surface area (Å²) < 4.78 is 28.3. The van der Waals surface area contributed by atoms with E-state index in [0.29, 0.717) is 13.2 Å². The second-order valence-electron chi connectivity index (χ2n) is 10.2. The number of benzene rings is 1. The van der Waals surface area contributed by atoms with Crippen molar-refractivity contribution in [3.8, 4) is 0 Å². The highest BCUT2D eigenvalue weighted by atomic mass is 28.4. The van der Waals surface area contributed by atoms with E-state index in [-0.39, 0.29) is 24.0 Å². The quantitative estimate of drug-likeness (QED) is 0.166. The zero-order chi connectivity index (χ0) is 21.9. The molecule has 1 aliphatic heterocycles. The van der Waals surface area contributed by atoms with E-state index >= 15 is 0 Å². The van der Waals surface area contributed by atoms with E-state index in [9.17, 15) is 0 Å². The highest BCUT2D eigenvalue weighted by Gasteiger charge is 2.47. The second-order valence-corrected chi connectivity index (χ2v) is 19.6. The molecule has 2 rings (SSSR count). The fourth-order valence-corrected chi connectivity index (χ4v) is 4.77. The topological polar surface area (TPSA) is 52.6 Å². The lowest BCUT2D eigenvalue weighted by Crippen LogP contribution is -2.42. The van der Waals surface area contributed by atoms with E-state index in [2.05, 4.69) is 71.7 Å². The largest absolute Gasteiger partial charge is 0.414 e. The van der Waals surface area contributed by atoms with Gasteiger partial charge in [0.2, 0.25) is 0 Å². The molecule has 1 heterocycles. The fourth-order valence-electron chi connectivity index (χ4n) is 2.79. The average molecular weight is 438 g/mol. The number of rotatable bonds is 10. The van der Waals surface area contributed by atoms with Crippen LogP contribution in [0.5, 0.6) is 0 Å². The van der Waals surface area contributed by atoms with Crippen molar-refractivity contribution in [1.82, 2.24) is 0 Å². The third-order valence-electron chi connectivity index (χ3n) is 5.47. The molecule has 0 radical (unpaired) electrons. The maximum absolute atomic E-state index is 6.40. The van der Waals surface area contributed by atoms with E-state index < -0.39 is 16.6 Å². The summed E-state index contributed by atoms with van der Waals surface area (Å²) >= 11 is 0. The predicted molar refractivity (Wildman–Crippen MR) is 125 cm³/mol. The Balaban J connectivity index is 2.19. The zero-order valence-corrected chi connectivity index (χ0v) is 21.7. The van der Waals surface area contributed by atoms with E-state index in [1.165, 1.54) is 0 Å². The minimum absolute atomic E-state index is 0.00457. The summed E-state index contributed by atoms with van der Waals surface area (Å²) in [7, 11) is -1.86. The van der Waals surface area contributed by atoms with Gasteiger partial charge in [0, 0.05) is 12.7 Å². The Bertz CT molecular complexity index is 707. The van der Waals surface area contributed by atoms with Crippen molar-refractivity contribution < 1.29 is 18.6 Å². The average Bonchev–Trinajstić information content (AvgIpc) is 3.37. The van der Waals surface area contributed by atoms with Gasteiger partial charge in [-0.25, -0.2) is 0 Å². The maximum Gasteiger partial charge on any atom is 0.192 e. The highest BCUT2D eigenvalue weighted by Crippen LogP contribution is 2.38. The van der Waals surface area contributed by atoms with Gasteiger partial charge in [0.1, 0.15) is 19.0 Å². The minimum atomic E-state index is -1.80. The first-order valence-corrected chi connectivity index (χ1v) is 16.8. The van der Waals surface area contributed by atoms with Crippen LogP contribution in [0.4, 0.5) is 0 Å². The van der Waals surface area contributed by atoms with E-state index in [1.807, 2.05) is 6.07 Å². The van der Waals surface area contributed by atoms with Gasteiger partial charge < -0.3 is 23.3 Å². The number of hydrogen-bond acceptors (Lipinski definition) is 5. The molecular formula is C22H39NO4Si2. The van der Waals surface area contributed by atoms with E-state index in [4.69, 9.17) is 23.3 Å². The van der Waals surface area contributed by atoms with Crippen LogP contribution in [0.3, 0.4) is 0 Å². The fraction of sp³-hybridized carbons (Fsp3) is 0.682. The highest BCUT2D eigenvalue weighted by molar-refractivity contribution is 6.75. The van der Waals surface area contributed by atoms with Crippen LogP contribution >= 0.6 is 0 Å². The monoisotopic (exact) mass is 437 g/mol. The van der Waals surface area contributed by atoms with Crippen LogP contribution in [0.15, 0.2) is 28.9 Å². The number of methoxy groups -OCH3 is 1. The van der Waals surface area contributed by atoms with Crippen LogP contribution in [0.2, 0.25) is 37.8 Å². The first kappa shape index (κ1) is 24.4. The molecule has 1 saturated heterocycles. The summed E-state index contributed by atoms with van der Waals surface area (Å²) in [5.41, 5.74) is 3.27.